The molecule has 0 aromatic heterocycles. The fourth-order valence-electron chi connectivity index (χ4n) is 2.44. The van der Waals surface area contributed by atoms with Gasteiger partial charge in [0.25, 0.3) is 0 Å². The molecule has 22 heavy (non-hydrogen) atoms. The third-order valence-electron chi connectivity index (χ3n) is 3.74. The van der Waals surface area contributed by atoms with Crippen LogP contribution in [-0.4, -0.2) is 41.5 Å². The van der Waals surface area contributed by atoms with Gasteiger partial charge in [0.2, 0.25) is 0 Å². The van der Waals surface area contributed by atoms with Crippen LogP contribution >= 0.6 is 0 Å². The minimum atomic E-state index is -4.63. The van der Waals surface area contributed by atoms with Crippen molar-refractivity contribution >= 4 is 0 Å². The molecular formula is C14H16F5NO2. The standard InChI is InChI=1S/C14H16F5NO2/c15-12(16)22-11-3-1-2-10(8-11)9-20-6-4-13(21,5-7-20)14(17,18)19/h1-3,8,12,21H,4-7,9H2. The van der Waals surface area contributed by atoms with Gasteiger partial charge in [0.1, 0.15) is 5.75 Å². The number of alkyl halides is 5. The highest BCUT2D eigenvalue weighted by Gasteiger charge is 2.54. The van der Waals surface area contributed by atoms with Crippen LogP contribution in [-0.2, 0) is 6.54 Å². The van der Waals surface area contributed by atoms with Crippen LogP contribution < -0.4 is 4.74 Å². The third-order valence-corrected chi connectivity index (χ3v) is 3.74. The van der Waals surface area contributed by atoms with Gasteiger partial charge in [0, 0.05) is 19.6 Å². The summed E-state index contributed by atoms with van der Waals surface area (Å²) in [4.78, 5) is 1.74. The molecule has 0 bridgehead atoms. The number of ether oxygens (including phenoxy) is 1. The number of likely N-dealkylation sites (tertiary alicyclic amines) is 1. The van der Waals surface area contributed by atoms with E-state index < -0.39 is 31.2 Å². The second-order valence-electron chi connectivity index (χ2n) is 5.33. The Balaban J connectivity index is 1.94. The van der Waals surface area contributed by atoms with Crippen LogP contribution in [0.25, 0.3) is 0 Å². The van der Waals surface area contributed by atoms with E-state index in [2.05, 4.69) is 4.74 Å². The molecule has 1 N–H and O–H groups in total. The normalized spacial score (nSPS) is 19.4. The first-order valence-corrected chi connectivity index (χ1v) is 6.75. The fraction of sp³-hybridized carbons (Fsp3) is 0.571. The molecular weight excluding hydrogens is 309 g/mol. The first kappa shape index (κ1) is 17.0. The molecule has 124 valence electrons. The van der Waals surface area contributed by atoms with Crippen LogP contribution in [0.4, 0.5) is 22.0 Å². The second-order valence-corrected chi connectivity index (χ2v) is 5.33. The molecule has 1 fully saturated rings. The average molecular weight is 325 g/mol. The maximum atomic E-state index is 12.7. The SMILES string of the molecule is OC1(C(F)(F)F)CCN(Cc2cccc(OC(F)F)c2)CC1. The van der Waals surface area contributed by atoms with Crippen molar-refractivity contribution in [2.45, 2.75) is 37.8 Å². The van der Waals surface area contributed by atoms with Crippen molar-refractivity contribution in [2.24, 2.45) is 0 Å². The first-order valence-electron chi connectivity index (χ1n) is 6.75. The van der Waals surface area contributed by atoms with Crippen LogP contribution in [0.1, 0.15) is 18.4 Å². The molecule has 3 nitrogen and oxygen atoms in total. The molecule has 1 saturated heterocycles. The molecule has 0 aliphatic carbocycles. The zero-order valence-electron chi connectivity index (χ0n) is 11.6. The van der Waals surface area contributed by atoms with Crippen molar-refractivity contribution in [3.63, 3.8) is 0 Å². The van der Waals surface area contributed by atoms with Gasteiger partial charge in [-0.25, -0.2) is 0 Å². The van der Waals surface area contributed by atoms with Crippen molar-refractivity contribution < 1.29 is 31.8 Å². The lowest BCUT2D eigenvalue weighted by molar-refractivity contribution is -0.272. The largest absolute Gasteiger partial charge is 0.435 e. The number of rotatable bonds is 4. The van der Waals surface area contributed by atoms with Crippen molar-refractivity contribution in [2.75, 3.05) is 13.1 Å². The highest BCUT2D eigenvalue weighted by molar-refractivity contribution is 5.28. The van der Waals surface area contributed by atoms with Crippen molar-refractivity contribution in [3.05, 3.63) is 29.8 Å². The Bertz CT molecular complexity index is 498. The smallest absolute Gasteiger partial charge is 0.417 e. The van der Waals surface area contributed by atoms with E-state index in [1.54, 1.807) is 17.0 Å². The van der Waals surface area contributed by atoms with Crippen LogP contribution in [0.3, 0.4) is 0 Å². The van der Waals surface area contributed by atoms with Gasteiger partial charge < -0.3 is 9.84 Å². The maximum absolute atomic E-state index is 12.7. The Morgan fingerprint density at radius 3 is 2.41 bits per heavy atom. The van der Waals surface area contributed by atoms with Gasteiger partial charge in [0.05, 0.1) is 0 Å². The average Bonchev–Trinajstić information content (AvgIpc) is 2.40. The predicted molar refractivity (Wildman–Crippen MR) is 68.6 cm³/mol. The van der Waals surface area contributed by atoms with Crippen LogP contribution in [0.2, 0.25) is 0 Å². The lowest BCUT2D eigenvalue weighted by atomic mass is 9.90. The number of piperidine rings is 1. The number of halogens is 5. The van der Waals surface area contributed by atoms with E-state index in [9.17, 15) is 27.1 Å². The summed E-state index contributed by atoms with van der Waals surface area (Å²) in [6.07, 6.45) is -5.43. The summed E-state index contributed by atoms with van der Waals surface area (Å²) in [5, 5.41) is 9.58. The van der Waals surface area contributed by atoms with Gasteiger partial charge in [-0.05, 0) is 30.5 Å². The number of hydrogen-bond donors (Lipinski definition) is 1. The molecule has 1 aliphatic heterocycles. The number of aliphatic hydroxyl groups is 1. The van der Waals surface area contributed by atoms with Gasteiger partial charge in [0.15, 0.2) is 5.60 Å². The molecule has 1 heterocycles. The van der Waals surface area contributed by atoms with Gasteiger partial charge in [-0.2, -0.15) is 22.0 Å². The van der Waals surface area contributed by atoms with E-state index in [4.69, 9.17) is 0 Å². The molecule has 0 radical (unpaired) electrons. The molecule has 0 unspecified atom stereocenters. The van der Waals surface area contributed by atoms with Crippen molar-refractivity contribution in [3.8, 4) is 5.75 Å². The summed E-state index contributed by atoms with van der Waals surface area (Å²) in [6.45, 7) is -2.45. The summed E-state index contributed by atoms with van der Waals surface area (Å²) in [6, 6.07) is 6.04. The lowest BCUT2D eigenvalue weighted by Crippen LogP contribution is -2.53. The highest BCUT2D eigenvalue weighted by Crippen LogP contribution is 2.38. The minimum absolute atomic E-state index is 0.0105. The monoisotopic (exact) mass is 325 g/mol. The van der Waals surface area contributed by atoms with Crippen LogP contribution in [0, 0.1) is 0 Å². The summed E-state index contributed by atoms with van der Waals surface area (Å²) >= 11 is 0. The van der Waals surface area contributed by atoms with E-state index in [-0.39, 0.29) is 18.8 Å². The Morgan fingerprint density at radius 1 is 1.23 bits per heavy atom. The van der Waals surface area contributed by atoms with E-state index >= 15 is 0 Å². The van der Waals surface area contributed by atoms with Gasteiger partial charge in [-0.1, -0.05) is 12.1 Å². The zero-order valence-corrected chi connectivity index (χ0v) is 11.6. The van der Waals surface area contributed by atoms with Gasteiger partial charge in [-0.15, -0.1) is 0 Å². The molecule has 0 spiro atoms. The molecule has 1 aromatic carbocycles. The third kappa shape index (κ3) is 4.07. The Hall–Kier alpha value is -1.41. The fourth-order valence-corrected chi connectivity index (χ4v) is 2.44. The number of hydrogen-bond acceptors (Lipinski definition) is 3. The van der Waals surface area contributed by atoms with Crippen molar-refractivity contribution in [1.29, 1.82) is 0 Å². The number of nitrogens with zero attached hydrogens (tertiary/aromatic N) is 1. The Labute approximate surface area is 124 Å². The predicted octanol–water partition coefficient (Wildman–Crippen LogP) is 3.18. The molecule has 8 heteroatoms. The van der Waals surface area contributed by atoms with E-state index in [1.807, 2.05) is 0 Å². The first-order chi connectivity index (χ1) is 10.2. The topological polar surface area (TPSA) is 32.7 Å². The van der Waals surface area contributed by atoms with E-state index in [0.717, 1.165) is 0 Å². The molecule has 0 saturated carbocycles. The highest BCUT2D eigenvalue weighted by atomic mass is 19.4. The van der Waals surface area contributed by atoms with Gasteiger partial charge in [-0.3, -0.25) is 4.90 Å². The van der Waals surface area contributed by atoms with Crippen molar-refractivity contribution in [1.82, 2.24) is 4.90 Å². The van der Waals surface area contributed by atoms with Gasteiger partial charge >= 0.3 is 12.8 Å². The summed E-state index contributed by atoms with van der Waals surface area (Å²) in [5.41, 5.74) is -1.97. The van der Waals surface area contributed by atoms with E-state index in [1.165, 1.54) is 12.1 Å². The molecule has 0 amide bonds. The van der Waals surface area contributed by atoms with E-state index in [0.29, 0.717) is 12.1 Å². The number of benzene rings is 1. The molecule has 0 atom stereocenters. The molecule has 1 aliphatic rings. The summed E-state index contributed by atoms with van der Waals surface area (Å²) in [5.74, 6) is 0.0105. The Morgan fingerprint density at radius 2 is 1.86 bits per heavy atom. The quantitative estimate of drug-likeness (QED) is 0.863. The van der Waals surface area contributed by atoms with Crippen LogP contribution in [0.5, 0.6) is 5.75 Å². The molecule has 1 aromatic rings. The molecule has 2 rings (SSSR count). The minimum Gasteiger partial charge on any atom is -0.435 e. The Kier molecular flexibility index (Phi) is 4.91. The van der Waals surface area contributed by atoms with Crippen LogP contribution in [0.15, 0.2) is 24.3 Å². The lowest BCUT2D eigenvalue weighted by Gasteiger charge is -2.39. The summed E-state index contributed by atoms with van der Waals surface area (Å²) in [7, 11) is 0. The zero-order chi connectivity index (χ0) is 16.4. The maximum Gasteiger partial charge on any atom is 0.417 e. The summed E-state index contributed by atoms with van der Waals surface area (Å²) < 4.78 is 66.7. The second kappa shape index (κ2) is 6.37.